The maximum atomic E-state index is 0. The Bertz CT molecular complexity index is 13.5. The van der Waals surface area contributed by atoms with Crippen LogP contribution < -0.4 is 0 Å². The van der Waals surface area contributed by atoms with Crippen LogP contribution in [-0.2, 0) is 16.8 Å². The number of hydrogen-bond donors (Lipinski definition) is 0. The molecular weight excluding hydrogens is 389 g/mol. The average Bonchev–Trinajstić information content (AvgIpc) is 0. The molecule has 0 aliphatic carbocycles. The van der Waals surface area contributed by atoms with Crippen molar-refractivity contribution in [3.05, 3.63) is 0 Å². The van der Waals surface area contributed by atoms with Gasteiger partial charge in [0.1, 0.15) is 0 Å². The molecule has 0 aliphatic heterocycles. The molecule has 4 heavy (non-hydrogen) atoms. The zero-order valence-electron chi connectivity index (χ0n) is 3.95. The third-order valence-corrected chi connectivity index (χ3v) is 0. The van der Waals surface area contributed by atoms with Gasteiger partial charge in [0.15, 0.2) is 0 Å². The Labute approximate surface area is 135 Å². The summed E-state index contributed by atoms with van der Waals surface area (Å²) in [6.45, 7) is 0. The Morgan fingerprint density at radius 2 is 1.25 bits per heavy atom. The van der Waals surface area contributed by atoms with Crippen LogP contribution in [0.15, 0.2) is 0 Å². The van der Waals surface area contributed by atoms with Crippen LogP contribution in [0.2, 0.25) is 0 Å². The van der Waals surface area contributed by atoms with E-state index in [9.17, 15) is 0 Å². The first-order valence-electron chi connectivity index (χ1n) is 0. The molecule has 0 heterocycles. The van der Waals surface area contributed by atoms with Crippen LogP contribution in [0.3, 0.4) is 0 Å². The first-order valence-corrected chi connectivity index (χ1v) is 0. The predicted octanol–water partition coefficient (Wildman–Crippen LogP) is -0.158. The number of hydrogen-bond acceptors (Lipinski definition) is 0. The van der Waals surface area contributed by atoms with Crippen molar-refractivity contribution in [3.63, 3.8) is 0 Å². The van der Waals surface area contributed by atoms with Crippen molar-refractivity contribution in [2.45, 2.75) is 0 Å². The quantitative estimate of drug-likeness (QED) is 0.504. The monoisotopic (exact) mass is 393 g/mol. The second kappa shape index (κ2) is 15.6. The van der Waals surface area contributed by atoms with Crippen molar-refractivity contribution in [2.24, 2.45) is 0 Å². The summed E-state index contributed by atoms with van der Waals surface area (Å²) in [4.78, 5) is 0. The van der Waals surface area contributed by atoms with Crippen LogP contribution >= 0.6 is 0 Å². The molecule has 0 N–H and O–H groups in total. The summed E-state index contributed by atoms with van der Waals surface area (Å²) in [7, 11) is 0. The van der Waals surface area contributed by atoms with Gasteiger partial charge in [-0.2, -0.15) is 0 Å². The minimum Gasteiger partial charge on any atom is -1.00 e. The third kappa shape index (κ3) is 9.70. The normalized spacial score (nSPS) is 0. The van der Waals surface area contributed by atoms with E-state index in [0.717, 1.165) is 0 Å². The maximum Gasteiger partial charge on any atom is 2.00 e. The van der Waals surface area contributed by atoms with Crippen LogP contribution in [0.4, 0.5) is 0 Å². The van der Waals surface area contributed by atoms with Gasteiger partial charge in [-0.1, -0.05) is 0 Å². The molecule has 1 radical (unpaired) electrons. The zero-order chi connectivity index (χ0) is 0. The summed E-state index contributed by atoms with van der Waals surface area (Å²) in [5.41, 5.74) is 0. The fraction of sp³-hybridized carbons (Fsp3) is 0. The molecule has 0 bridgehead atoms. The second-order valence-electron chi connectivity index (χ2n) is 0. The Kier molecular flexibility index (Phi) is 92.5. The van der Waals surface area contributed by atoms with Gasteiger partial charge in [0, 0.05) is 98.9 Å². The smallest absolute Gasteiger partial charge is 1.00 e. The van der Waals surface area contributed by atoms with Gasteiger partial charge in [-0.05, 0) is 0 Å². The minimum atomic E-state index is 0. The molecule has 4 heteroatoms. The summed E-state index contributed by atoms with van der Waals surface area (Å²) in [5, 5.41) is 0. The van der Waals surface area contributed by atoms with E-state index >= 15 is 0 Å². The van der Waals surface area contributed by atoms with E-state index in [1.165, 1.54) is 0 Å². The number of rotatable bonds is 0. The Morgan fingerprint density at radius 3 is 1.25 bits per heavy atom. The molecule has 0 aliphatic rings. The molecule has 0 amide bonds. The molecule has 0 fully saturated rings. The predicted molar refractivity (Wildman–Crippen MR) is 7.98 cm³/mol. The fourth-order valence-corrected chi connectivity index (χ4v) is 0. The van der Waals surface area contributed by atoms with Crippen molar-refractivity contribution in [1.29, 1.82) is 0 Å². The molecule has 0 saturated heterocycles. The SMILES string of the molecule is [Ca+2].[Ce].[Co].[H-].[H-].[Sm]. The average molecular weight is 392 g/mol. The van der Waals surface area contributed by atoms with E-state index in [0.29, 0.717) is 0 Å². The van der Waals surface area contributed by atoms with Crippen LogP contribution in [-0.4, -0.2) is 37.7 Å². The summed E-state index contributed by atoms with van der Waals surface area (Å²) >= 11 is 0. The van der Waals surface area contributed by atoms with E-state index < -0.39 is 0 Å². The first kappa shape index (κ1) is 23.6. The summed E-state index contributed by atoms with van der Waals surface area (Å²) in [5.74, 6) is 0. The minimum absolute atomic E-state index is 0. The zero-order valence-corrected chi connectivity index (χ0v) is 11.0. The summed E-state index contributed by atoms with van der Waals surface area (Å²) in [6.07, 6.45) is 0. The molecule has 0 aromatic rings. The summed E-state index contributed by atoms with van der Waals surface area (Å²) < 4.78 is 0. The molecule has 0 spiro atoms. The third-order valence-electron chi connectivity index (χ3n) is 0. The largest absolute Gasteiger partial charge is 2.00 e. The molecule has 23 valence electrons. The van der Waals surface area contributed by atoms with Crippen molar-refractivity contribution in [1.82, 2.24) is 0 Å². The van der Waals surface area contributed by atoms with E-state index in [1.54, 1.807) is 0 Å². The van der Waals surface area contributed by atoms with Crippen molar-refractivity contribution < 1.29 is 102 Å². The van der Waals surface area contributed by atoms with Crippen molar-refractivity contribution >= 4 is 37.7 Å². The van der Waals surface area contributed by atoms with Crippen LogP contribution in [0, 0.1) is 82.1 Å². The standard InChI is InChI=1S/Ca.Ce.Co.Sm.2H/q+2;;;;2*-1. The van der Waals surface area contributed by atoms with Gasteiger partial charge in [0.2, 0.25) is 0 Å². The molecule has 0 atom stereocenters. The second-order valence-corrected chi connectivity index (χ2v) is 0. The van der Waals surface area contributed by atoms with Gasteiger partial charge >= 0.3 is 37.7 Å². The molecular formula is H2CaCeCoSm. The van der Waals surface area contributed by atoms with Gasteiger partial charge in [-0.25, -0.2) is 0 Å². The molecule has 0 saturated carbocycles. The molecule has 0 unspecified atom stereocenters. The molecule has 0 nitrogen and oxygen atoms in total. The first-order chi connectivity index (χ1) is 0. The maximum absolute atomic E-state index is 0. The van der Waals surface area contributed by atoms with Gasteiger partial charge in [-0.15, -0.1) is 0 Å². The topological polar surface area (TPSA) is 0 Å². The van der Waals surface area contributed by atoms with E-state index in [1.807, 2.05) is 0 Å². The van der Waals surface area contributed by atoms with Crippen LogP contribution in [0.5, 0.6) is 0 Å². The Balaban J connectivity index is 0. The van der Waals surface area contributed by atoms with Gasteiger partial charge in [0.05, 0.1) is 0 Å². The van der Waals surface area contributed by atoms with Crippen LogP contribution in [0.25, 0.3) is 0 Å². The fourth-order valence-electron chi connectivity index (χ4n) is 0. The van der Waals surface area contributed by atoms with E-state index in [-0.39, 0.29) is 140 Å². The van der Waals surface area contributed by atoms with Gasteiger partial charge < -0.3 is 2.85 Å². The van der Waals surface area contributed by atoms with Crippen LogP contribution in [0.1, 0.15) is 2.85 Å². The van der Waals surface area contributed by atoms with E-state index in [4.69, 9.17) is 0 Å². The Hall–Kier alpha value is 4.48. The Morgan fingerprint density at radius 1 is 1.25 bits per heavy atom. The van der Waals surface area contributed by atoms with Gasteiger partial charge in [0.25, 0.3) is 0 Å². The molecule has 0 aromatic carbocycles. The van der Waals surface area contributed by atoms with Crippen molar-refractivity contribution in [3.8, 4) is 0 Å². The molecule has 0 rings (SSSR count). The van der Waals surface area contributed by atoms with E-state index in [2.05, 4.69) is 0 Å². The van der Waals surface area contributed by atoms with Crippen molar-refractivity contribution in [2.75, 3.05) is 0 Å². The summed E-state index contributed by atoms with van der Waals surface area (Å²) in [6, 6.07) is 0. The van der Waals surface area contributed by atoms with Gasteiger partial charge in [-0.3, -0.25) is 0 Å². The molecule has 0 aromatic heterocycles.